The number of aryl methyl sites for hydroxylation is 1. The van der Waals surface area contributed by atoms with Crippen molar-refractivity contribution in [3.05, 3.63) is 45.7 Å². The Balaban J connectivity index is 2.10. The van der Waals surface area contributed by atoms with E-state index in [4.69, 9.17) is 35.4 Å². The van der Waals surface area contributed by atoms with Gasteiger partial charge >= 0.3 is 8.60 Å². The lowest BCUT2D eigenvalue weighted by Gasteiger charge is -2.12. The number of aromatic nitrogens is 4. The maximum Gasteiger partial charge on any atom is 0.328 e. The Hall–Kier alpha value is -2.47. The maximum atomic E-state index is 13.1. The molecule has 3 aromatic heterocycles. The highest BCUT2D eigenvalue weighted by Crippen LogP contribution is 2.34. The van der Waals surface area contributed by atoms with Crippen LogP contribution in [0.4, 0.5) is 0 Å². The van der Waals surface area contributed by atoms with Crippen LogP contribution in [-0.4, -0.2) is 49.7 Å². The van der Waals surface area contributed by atoms with Gasteiger partial charge in [-0.25, -0.2) is 9.67 Å². The van der Waals surface area contributed by atoms with Crippen LogP contribution in [0.25, 0.3) is 11.1 Å². The first-order valence-corrected chi connectivity index (χ1v) is 10.9. The Morgan fingerprint density at radius 1 is 1.23 bits per heavy atom. The number of methoxy groups -OCH3 is 2. The van der Waals surface area contributed by atoms with Crippen LogP contribution < -0.4 is 14.3 Å². The second-order valence-electron chi connectivity index (χ2n) is 5.86. The zero-order valence-electron chi connectivity index (χ0n) is 16.5. The van der Waals surface area contributed by atoms with Gasteiger partial charge in [0.1, 0.15) is 10.9 Å². The van der Waals surface area contributed by atoms with Gasteiger partial charge in [0.15, 0.2) is 6.73 Å². The lowest BCUT2D eigenvalue weighted by atomic mass is 10.0. The van der Waals surface area contributed by atoms with Gasteiger partial charge in [-0.15, -0.1) is 5.10 Å². The molecule has 0 unspecified atom stereocenters. The molecule has 0 saturated heterocycles. The zero-order valence-corrected chi connectivity index (χ0v) is 19.0. The normalized spacial score (nSPS) is 11.8. The summed E-state index contributed by atoms with van der Waals surface area (Å²) in [5.41, 5.74) is 1.92. The molecule has 0 aliphatic rings. The van der Waals surface area contributed by atoms with Crippen molar-refractivity contribution < 1.29 is 28.6 Å². The molecule has 0 fully saturated rings. The van der Waals surface area contributed by atoms with Crippen molar-refractivity contribution >= 4 is 37.4 Å². The SMILES string of the molecule is COc1nn(COP(O)O)c(=NC(=O)c2cnc(C)cc2-c2cc(Cl)ncc2OC)s1. The average molecular weight is 486 g/mol. The molecule has 0 radical (unpaired) electrons. The molecule has 2 N–H and O–H groups in total. The third-order valence-electron chi connectivity index (χ3n) is 3.88. The number of carbonyl (C=O) groups excluding carboxylic acids is 1. The van der Waals surface area contributed by atoms with Crippen molar-refractivity contribution in [1.29, 1.82) is 0 Å². The van der Waals surface area contributed by atoms with Gasteiger partial charge in [-0.1, -0.05) is 11.6 Å². The lowest BCUT2D eigenvalue weighted by Crippen LogP contribution is -2.19. The van der Waals surface area contributed by atoms with E-state index in [1.54, 1.807) is 19.1 Å². The summed E-state index contributed by atoms with van der Waals surface area (Å²) < 4.78 is 16.4. The highest BCUT2D eigenvalue weighted by Gasteiger charge is 2.19. The van der Waals surface area contributed by atoms with E-state index in [-0.39, 0.29) is 27.4 Å². The summed E-state index contributed by atoms with van der Waals surface area (Å²) in [6, 6.07) is 3.30. The van der Waals surface area contributed by atoms with Crippen LogP contribution in [0, 0.1) is 6.92 Å². The molecule has 31 heavy (non-hydrogen) atoms. The molecule has 11 nitrogen and oxygen atoms in total. The molecule has 0 aliphatic heterocycles. The summed E-state index contributed by atoms with van der Waals surface area (Å²) in [6.45, 7) is 1.45. The van der Waals surface area contributed by atoms with Gasteiger partial charge in [0.25, 0.3) is 11.1 Å². The van der Waals surface area contributed by atoms with Gasteiger partial charge in [-0.2, -0.15) is 4.99 Å². The van der Waals surface area contributed by atoms with Crippen molar-refractivity contribution in [3.63, 3.8) is 0 Å². The minimum absolute atomic E-state index is 0.130. The van der Waals surface area contributed by atoms with Crippen molar-refractivity contribution in [2.45, 2.75) is 13.7 Å². The van der Waals surface area contributed by atoms with Crippen LogP contribution in [-0.2, 0) is 11.3 Å². The van der Waals surface area contributed by atoms with E-state index < -0.39 is 14.5 Å². The first-order valence-electron chi connectivity index (χ1n) is 8.50. The topological polar surface area (TPSA) is 141 Å². The molecule has 1 amide bonds. The van der Waals surface area contributed by atoms with Gasteiger partial charge < -0.3 is 19.3 Å². The van der Waals surface area contributed by atoms with Gasteiger partial charge in [-0.3, -0.25) is 14.3 Å². The molecule has 0 spiro atoms. The Morgan fingerprint density at radius 3 is 2.68 bits per heavy atom. The number of hydrogen-bond acceptors (Lipinski definition) is 10. The summed E-state index contributed by atoms with van der Waals surface area (Å²) in [4.78, 5) is 43.5. The number of rotatable bonds is 7. The van der Waals surface area contributed by atoms with Crippen LogP contribution in [0.3, 0.4) is 0 Å². The van der Waals surface area contributed by atoms with Crippen LogP contribution in [0.15, 0.2) is 29.5 Å². The third kappa shape index (κ3) is 5.62. The fraction of sp³-hybridized carbons (Fsp3) is 0.235. The van der Waals surface area contributed by atoms with E-state index >= 15 is 0 Å². The summed E-state index contributed by atoms with van der Waals surface area (Å²) in [5, 5.41) is 4.49. The first-order chi connectivity index (χ1) is 14.8. The summed E-state index contributed by atoms with van der Waals surface area (Å²) >= 11 is 7.04. The molecule has 0 aromatic carbocycles. The molecule has 14 heteroatoms. The number of nitrogens with zero attached hydrogens (tertiary/aromatic N) is 5. The minimum atomic E-state index is -2.61. The number of ether oxygens (including phenoxy) is 2. The number of hydrogen-bond donors (Lipinski definition) is 2. The number of pyridine rings is 2. The van der Waals surface area contributed by atoms with Crippen LogP contribution >= 0.6 is 31.5 Å². The summed E-state index contributed by atoms with van der Waals surface area (Å²) in [6.07, 6.45) is 2.87. The first kappa shape index (κ1) is 23.2. The maximum absolute atomic E-state index is 13.1. The van der Waals surface area contributed by atoms with Crippen molar-refractivity contribution in [2.24, 2.45) is 4.99 Å². The van der Waals surface area contributed by atoms with Gasteiger partial charge in [0.05, 0.1) is 26.0 Å². The number of carbonyl (C=O) groups is 1. The molecule has 3 heterocycles. The van der Waals surface area contributed by atoms with Gasteiger partial charge in [-0.05, 0) is 30.4 Å². The largest absolute Gasteiger partial charge is 0.494 e. The van der Waals surface area contributed by atoms with Crippen molar-refractivity contribution in [2.75, 3.05) is 14.2 Å². The molecular weight excluding hydrogens is 469 g/mol. The van der Waals surface area contributed by atoms with Gasteiger partial charge in [0, 0.05) is 23.0 Å². The second kappa shape index (κ2) is 10.2. The Labute approximate surface area is 186 Å². The number of halogens is 1. The fourth-order valence-electron chi connectivity index (χ4n) is 2.54. The van der Waals surface area contributed by atoms with E-state index in [0.717, 1.165) is 11.3 Å². The molecule has 3 rings (SSSR count). The Morgan fingerprint density at radius 2 is 2.00 bits per heavy atom. The molecule has 0 atom stereocenters. The highest BCUT2D eigenvalue weighted by atomic mass is 35.5. The molecule has 3 aromatic rings. The van der Waals surface area contributed by atoms with Crippen LogP contribution in [0.2, 0.25) is 5.15 Å². The lowest BCUT2D eigenvalue weighted by molar-refractivity contribution is 0.0996. The number of amides is 1. The van der Waals surface area contributed by atoms with Crippen molar-refractivity contribution in [1.82, 2.24) is 19.7 Å². The summed E-state index contributed by atoms with van der Waals surface area (Å²) in [7, 11) is 0.279. The minimum Gasteiger partial charge on any atom is -0.494 e. The third-order valence-corrected chi connectivity index (χ3v) is 5.34. The van der Waals surface area contributed by atoms with E-state index in [0.29, 0.717) is 22.6 Å². The van der Waals surface area contributed by atoms with Crippen LogP contribution in [0.5, 0.6) is 10.9 Å². The molecule has 0 saturated carbocycles. The standard InChI is InChI=1S/C17H17ClN5O6PS/c1-9-4-10(11-5-14(18)20-7-13(11)27-2)12(6-19-9)15(24)21-16-23(8-29-30(25)26)22-17(28-3)31-16/h4-7,25-26H,8H2,1-3H3. The monoisotopic (exact) mass is 485 g/mol. The predicted octanol–water partition coefficient (Wildman–Crippen LogP) is 2.31. The molecule has 164 valence electrons. The zero-order chi connectivity index (χ0) is 22.5. The average Bonchev–Trinajstić information content (AvgIpc) is 3.13. The summed E-state index contributed by atoms with van der Waals surface area (Å²) in [5.74, 6) is -0.195. The van der Waals surface area contributed by atoms with Gasteiger partial charge in [0.2, 0.25) is 4.80 Å². The molecule has 0 aliphatic carbocycles. The Kier molecular flexibility index (Phi) is 7.65. The molecular formula is C17H17ClN5O6PS. The van der Waals surface area contributed by atoms with Crippen LogP contribution in [0.1, 0.15) is 16.1 Å². The van der Waals surface area contributed by atoms with E-state index in [1.165, 1.54) is 31.3 Å². The fourth-order valence-corrected chi connectivity index (χ4v) is 3.61. The quantitative estimate of drug-likeness (QED) is 0.381. The second-order valence-corrected chi connectivity index (χ2v) is 7.93. The van der Waals surface area contributed by atoms with Crippen molar-refractivity contribution in [3.8, 4) is 22.1 Å². The van der Waals surface area contributed by atoms with E-state index in [9.17, 15) is 4.79 Å². The van der Waals surface area contributed by atoms with E-state index in [1.807, 2.05) is 0 Å². The highest BCUT2D eigenvalue weighted by molar-refractivity contribution is 7.39. The van der Waals surface area contributed by atoms with E-state index in [2.05, 4.69) is 20.1 Å². The molecule has 0 bridgehead atoms. The Bertz CT molecular complexity index is 1170. The smallest absolute Gasteiger partial charge is 0.328 e. The predicted molar refractivity (Wildman–Crippen MR) is 113 cm³/mol.